The quantitative estimate of drug-likeness (QED) is 0.890. The number of carbonyl (C=O) groups excluding carboxylic acids is 2. The Hall–Kier alpha value is -1.75. The van der Waals surface area contributed by atoms with Gasteiger partial charge in [-0.25, -0.2) is 0 Å². The Morgan fingerprint density at radius 2 is 2.00 bits per heavy atom. The molecule has 1 aromatic rings. The fourth-order valence-electron chi connectivity index (χ4n) is 1.41. The van der Waals surface area contributed by atoms with Crippen molar-refractivity contribution in [1.29, 1.82) is 0 Å². The summed E-state index contributed by atoms with van der Waals surface area (Å²) < 4.78 is 5.04. The fourth-order valence-corrected chi connectivity index (χ4v) is 2.12. The van der Waals surface area contributed by atoms with Crippen molar-refractivity contribution in [1.82, 2.24) is 5.32 Å². The molecule has 5 heteroatoms. The third-order valence-electron chi connectivity index (χ3n) is 2.30. The summed E-state index contributed by atoms with van der Waals surface area (Å²) in [5.74, 6) is 0.523. The van der Waals surface area contributed by atoms with E-state index in [1.807, 2.05) is 30.3 Å². The summed E-state index contributed by atoms with van der Waals surface area (Å²) in [4.78, 5) is 22.2. The van der Waals surface area contributed by atoms with Gasteiger partial charge in [-0.3, -0.25) is 14.9 Å². The standard InChI is InChI=1S/C12H11NO3S/c1-16-9-5-2-8(3-6-9)4-7-10-11(14)13-12(15)17-10/h2-7,10H,1H3,(H,13,14,15)/b7-4-. The molecule has 2 rings (SSSR count). The maximum Gasteiger partial charge on any atom is 0.286 e. The van der Waals surface area contributed by atoms with Crippen LogP contribution in [0, 0.1) is 0 Å². The SMILES string of the molecule is COc1ccc(/C=C\C2SC(=O)NC2=O)cc1. The van der Waals surface area contributed by atoms with Crippen LogP contribution in [0.15, 0.2) is 30.3 Å². The lowest BCUT2D eigenvalue weighted by molar-refractivity contribution is -0.118. The van der Waals surface area contributed by atoms with Crippen LogP contribution in [-0.4, -0.2) is 23.5 Å². The van der Waals surface area contributed by atoms with E-state index in [9.17, 15) is 9.59 Å². The molecule has 1 fully saturated rings. The molecule has 1 N–H and O–H groups in total. The minimum atomic E-state index is -0.426. The van der Waals surface area contributed by atoms with Crippen LogP contribution in [0.25, 0.3) is 6.08 Å². The van der Waals surface area contributed by atoms with Crippen LogP contribution < -0.4 is 10.1 Å². The van der Waals surface area contributed by atoms with Gasteiger partial charge in [-0.2, -0.15) is 0 Å². The highest BCUT2D eigenvalue weighted by molar-refractivity contribution is 8.15. The maximum atomic E-state index is 11.3. The van der Waals surface area contributed by atoms with Crippen LogP contribution in [-0.2, 0) is 4.79 Å². The predicted octanol–water partition coefficient (Wildman–Crippen LogP) is 2.06. The zero-order chi connectivity index (χ0) is 12.3. The summed E-state index contributed by atoms with van der Waals surface area (Å²) >= 11 is 0.989. The highest BCUT2D eigenvalue weighted by Gasteiger charge is 2.28. The summed E-state index contributed by atoms with van der Waals surface area (Å²) in [5, 5.41) is 1.52. The minimum Gasteiger partial charge on any atom is -0.497 e. The van der Waals surface area contributed by atoms with Gasteiger partial charge in [-0.15, -0.1) is 0 Å². The average molecular weight is 249 g/mol. The predicted molar refractivity (Wildman–Crippen MR) is 66.9 cm³/mol. The lowest BCUT2D eigenvalue weighted by atomic mass is 10.2. The number of carbonyl (C=O) groups is 2. The summed E-state index contributed by atoms with van der Waals surface area (Å²) in [6.07, 6.45) is 3.53. The molecule has 1 unspecified atom stereocenters. The number of amides is 2. The Balaban J connectivity index is 2.04. The van der Waals surface area contributed by atoms with Gasteiger partial charge in [0.15, 0.2) is 0 Å². The number of thioether (sulfide) groups is 1. The molecule has 0 radical (unpaired) electrons. The summed E-state index contributed by atoms with van der Waals surface area (Å²) in [6, 6.07) is 7.45. The monoisotopic (exact) mass is 249 g/mol. The maximum absolute atomic E-state index is 11.3. The second-order valence-electron chi connectivity index (χ2n) is 3.45. The molecule has 1 heterocycles. The van der Waals surface area contributed by atoms with E-state index in [0.717, 1.165) is 23.1 Å². The van der Waals surface area contributed by atoms with Crippen molar-refractivity contribution in [3.63, 3.8) is 0 Å². The Kier molecular flexibility index (Phi) is 3.49. The molecule has 1 aliphatic heterocycles. The van der Waals surface area contributed by atoms with E-state index in [-0.39, 0.29) is 11.1 Å². The number of benzene rings is 1. The molecule has 0 aromatic heterocycles. The first-order valence-corrected chi connectivity index (χ1v) is 5.91. The highest BCUT2D eigenvalue weighted by atomic mass is 32.2. The van der Waals surface area contributed by atoms with Crippen LogP contribution in [0.4, 0.5) is 4.79 Å². The normalized spacial score (nSPS) is 19.7. The first-order chi connectivity index (χ1) is 8.19. The number of methoxy groups -OCH3 is 1. The topological polar surface area (TPSA) is 55.4 Å². The van der Waals surface area contributed by atoms with Crippen molar-refractivity contribution in [2.45, 2.75) is 5.25 Å². The van der Waals surface area contributed by atoms with Crippen molar-refractivity contribution in [3.05, 3.63) is 35.9 Å². The molecular weight excluding hydrogens is 238 g/mol. The number of imide groups is 1. The number of hydrogen-bond donors (Lipinski definition) is 1. The molecule has 0 bridgehead atoms. The summed E-state index contributed by atoms with van der Waals surface area (Å²) in [5.41, 5.74) is 0.957. The van der Waals surface area contributed by atoms with Crippen LogP contribution >= 0.6 is 11.8 Å². The van der Waals surface area contributed by atoms with Gasteiger partial charge in [0, 0.05) is 0 Å². The molecule has 1 aliphatic rings. The molecule has 0 saturated carbocycles. The average Bonchev–Trinajstić information content (AvgIpc) is 2.66. The van der Waals surface area contributed by atoms with Gasteiger partial charge in [-0.05, 0) is 29.5 Å². The summed E-state index contributed by atoms with van der Waals surface area (Å²) in [6.45, 7) is 0. The van der Waals surface area contributed by atoms with Gasteiger partial charge in [0.25, 0.3) is 5.24 Å². The zero-order valence-electron chi connectivity index (χ0n) is 9.17. The number of nitrogens with one attached hydrogen (secondary N) is 1. The Morgan fingerprint density at radius 3 is 2.53 bits per heavy atom. The molecule has 4 nitrogen and oxygen atoms in total. The van der Waals surface area contributed by atoms with Gasteiger partial charge in [0.05, 0.1) is 7.11 Å². The van der Waals surface area contributed by atoms with Crippen molar-refractivity contribution < 1.29 is 14.3 Å². The Labute approximate surface area is 103 Å². The van der Waals surface area contributed by atoms with Gasteiger partial charge in [0.1, 0.15) is 11.0 Å². The van der Waals surface area contributed by atoms with E-state index < -0.39 is 5.25 Å². The number of rotatable bonds is 3. The van der Waals surface area contributed by atoms with Crippen LogP contribution in [0.3, 0.4) is 0 Å². The van der Waals surface area contributed by atoms with Crippen LogP contribution in [0.5, 0.6) is 5.75 Å². The Bertz CT molecular complexity index is 467. The third kappa shape index (κ3) is 2.88. The summed E-state index contributed by atoms with van der Waals surface area (Å²) in [7, 11) is 1.61. The molecule has 2 amide bonds. The van der Waals surface area contributed by atoms with Gasteiger partial charge >= 0.3 is 0 Å². The highest BCUT2D eigenvalue weighted by Crippen LogP contribution is 2.21. The van der Waals surface area contributed by atoms with Gasteiger partial charge in [0.2, 0.25) is 5.91 Å². The van der Waals surface area contributed by atoms with E-state index in [1.165, 1.54) is 0 Å². The van der Waals surface area contributed by atoms with E-state index in [4.69, 9.17) is 4.74 Å². The van der Waals surface area contributed by atoms with Crippen molar-refractivity contribution in [2.75, 3.05) is 7.11 Å². The molecule has 0 aliphatic carbocycles. The van der Waals surface area contributed by atoms with Crippen molar-refractivity contribution in [2.24, 2.45) is 0 Å². The lowest BCUT2D eigenvalue weighted by Crippen LogP contribution is -2.22. The Morgan fingerprint density at radius 1 is 1.29 bits per heavy atom. The molecule has 0 spiro atoms. The van der Waals surface area contributed by atoms with Gasteiger partial charge < -0.3 is 4.74 Å². The minimum absolute atomic E-state index is 0.259. The molecule has 17 heavy (non-hydrogen) atoms. The van der Waals surface area contributed by atoms with E-state index >= 15 is 0 Å². The zero-order valence-corrected chi connectivity index (χ0v) is 9.99. The van der Waals surface area contributed by atoms with E-state index in [2.05, 4.69) is 5.32 Å². The van der Waals surface area contributed by atoms with Crippen LogP contribution in [0.2, 0.25) is 0 Å². The van der Waals surface area contributed by atoms with E-state index in [1.54, 1.807) is 13.2 Å². The second-order valence-corrected chi connectivity index (χ2v) is 4.56. The van der Waals surface area contributed by atoms with Crippen molar-refractivity contribution in [3.8, 4) is 5.75 Å². The second kappa shape index (κ2) is 5.05. The first-order valence-electron chi connectivity index (χ1n) is 5.03. The molecule has 88 valence electrons. The first kappa shape index (κ1) is 11.7. The van der Waals surface area contributed by atoms with Crippen LogP contribution in [0.1, 0.15) is 5.56 Å². The molecule has 1 saturated heterocycles. The van der Waals surface area contributed by atoms with Crippen molar-refractivity contribution >= 4 is 29.0 Å². The van der Waals surface area contributed by atoms with E-state index in [0.29, 0.717) is 0 Å². The smallest absolute Gasteiger partial charge is 0.286 e. The molecule has 1 atom stereocenters. The number of ether oxygens (including phenoxy) is 1. The number of hydrogen-bond acceptors (Lipinski definition) is 4. The molecule has 1 aromatic carbocycles. The largest absolute Gasteiger partial charge is 0.497 e. The fraction of sp³-hybridized carbons (Fsp3) is 0.167. The third-order valence-corrected chi connectivity index (χ3v) is 3.24. The lowest BCUT2D eigenvalue weighted by Gasteiger charge is -2.00. The molecular formula is C12H11NO3S. The van der Waals surface area contributed by atoms with Gasteiger partial charge in [-0.1, -0.05) is 24.3 Å².